The molecule has 1 heterocycles. The van der Waals surface area contributed by atoms with E-state index in [0.29, 0.717) is 6.61 Å². The number of ether oxygens (including phenoxy) is 9. The summed E-state index contributed by atoms with van der Waals surface area (Å²) in [4.78, 5) is 0. The zero-order valence-corrected chi connectivity index (χ0v) is 61.6. The minimum absolute atomic E-state index is 0.645. The fourth-order valence-electron chi connectivity index (χ4n) is 12.9. The van der Waals surface area contributed by atoms with Crippen LogP contribution in [0.1, 0.15) is 61.2 Å². The monoisotopic (exact) mass is 1390 g/mol. The van der Waals surface area contributed by atoms with Crippen LogP contribution in [0.25, 0.3) is 50.2 Å². The first kappa shape index (κ1) is 74.3. The molecule has 0 N–H and O–H groups in total. The van der Waals surface area contributed by atoms with Crippen molar-refractivity contribution in [2.75, 3.05) is 63.5 Å². The second kappa shape index (κ2) is 38.4. The Kier molecular flexibility index (Phi) is 27.1. The average Bonchev–Trinajstić information content (AvgIpc) is 1.60. The first-order valence-electron chi connectivity index (χ1n) is 35.8. The molecular weight excluding hydrogens is 1300 g/mol. The SMILES string of the molecule is C1=Cc2c3c(c4ccccc4c2OC1)-c1ccc(-c2ccc(-c4ccccc4)cc2)cc1C3.COc1ccc(CCc2ccc(OC)cc2)cc1.COc1ccc(CCc2ccc(OC)cc2)cc1.COc1ccc(CCc2ccc(OC)cc2)cc1.COc1ccc(CCc2ccc(OC)cc2)cc1. The van der Waals surface area contributed by atoms with Gasteiger partial charge in [-0.05, 0) is 255 Å². The summed E-state index contributed by atoms with van der Waals surface area (Å²) in [6, 6.07) is 101. The number of hydrogen-bond acceptors (Lipinski definition) is 9. The molecule has 1 aliphatic carbocycles. The number of rotatable bonds is 22. The molecule has 0 saturated carbocycles. The fraction of sp³-hybridized carbons (Fsp3) is 0.188. The van der Waals surface area contributed by atoms with Gasteiger partial charge >= 0.3 is 0 Å². The van der Waals surface area contributed by atoms with Crippen molar-refractivity contribution in [1.82, 2.24) is 0 Å². The Morgan fingerprint density at radius 2 is 0.533 bits per heavy atom. The van der Waals surface area contributed by atoms with Crippen LogP contribution >= 0.6 is 0 Å². The Morgan fingerprint density at radius 1 is 0.267 bits per heavy atom. The highest BCUT2D eigenvalue weighted by molar-refractivity contribution is 6.07. The van der Waals surface area contributed by atoms with Gasteiger partial charge in [0.05, 0.1) is 56.9 Å². The lowest BCUT2D eigenvalue weighted by Crippen LogP contribution is -2.04. The summed E-state index contributed by atoms with van der Waals surface area (Å²) in [6.45, 7) is 0.645. The molecule has 0 fully saturated rings. The number of fused-ring (bicyclic) bond motifs is 8. The minimum atomic E-state index is 0.645. The van der Waals surface area contributed by atoms with Crippen molar-refractivity contribution in [3.8, 4) is 85.1 Å². The molecule has 15 rings (SSSR count). The third kappa shape index (κ3) is 20.9. The number of hydrogen-bond donors (Lipinski definition) is 0. The molecule has 0 unspecified atom stereocenters. The van der Waals surface area contributed by atoms with E-state index in [0.717, 1.165) is 110 Å². The van der Waals surface area contributed by atoms with Gasteiger partial charge < -0.3 is 42.6 Å². The van der Waals surface area contributed by atoms with Crippen molar-refractivity contribution >= 4 is 16.8 Å². The molecule has 9 heteroatoms. The van der Waals surface area contributed by atoms with Crippen LogP contribution in [0.4, 0.5) is 0 Å². The fourth-order valence-corrected chi connectivity index (χ4v) is 12.9. The molecule has 9 nitrogen and oxygen atoms in total. The summed E-state index contributed by atoms with van der Waals surface area (Å²) in [5.74, 6) is 8.28. The van der Waals surface area contributed by atoms with Crippen molar-refractivity contribution in [2.24, 2.45) is 0 Å². The van der Waals surface area contributed by atoms with Crippen molar-refractivity contribution in [3.63, 3.8) is 0 Å². The molecule has 1 aliphatic heterocycles. The molecule has 0 aromatic heterocycles. The van der Waals surface area contributed by atoms with E-state index in [-0.39, 0.29) is 0 Å². The molecule has 0 bridgehead atoms. The number of aryl methyl sites for hydroxylation is 8. The molecule has 0 atom stereocenters. The summed E-state index contributed by atoms with van der Waals surface area (Å²) in [6.07, 6.45) is 13.6. The summed E-state index contributed by atoms with van der Waals surface area (Å²) >= 11 is 0. The minimum Gasteiger partial charge on any atom is -0.497 e. The van der Waals surface area contributed by atoms with Crippen molar-refractivity contribution < 1.29 is 42.6 Å². The largest absolute Gasteiger partial charge is 0.497 e. The van der Waals surface area contributed by atoms with Gasteiger partial charge in [-0.2, -0.15) is 0 Å². The Hall–Kier alpha value is -11.9. The van der Waals surface area contributed by atoms with Crippen molar-refractivity contribution in [3.05, 3.63) is 358 Å². The zero-order chi connectivity index (χ0) is 73.0. The highest BCUT2D eigenvalue weighted by Crippen LogP contribution is 2.49. The lowest BCUT2D eigenvalue weighted by molar-refractivity contribution is 0.362. The summed E-state index contributed by atoms with van der Waals surface area (Å²) < 4.78 is 47.3. The van der Waals surface area contributed by atoms with Gasteiger partial charge in [0.15, 0.2) is 0 Å². The van der Waals surface area contributed by atoms with E-state index in [9.17, 15) is 0 Å². The van der Waals surface area contributed by atoms with Gasteiger partial charge in [0.2, 0.25) is 0 Å². The maximum absolute atomic E-state index is 6.11. The van der Waals surface area contributed by atoms with Gasteiger partial charge in [-0.15, -0.1) is 0 Å². The van der Waals surface area contributed by atoms with Crippen molar-refractivity contribution in [2.45, 2.75) is 57.8 Å². The van der Waals surface area contributed by atoms with E-state index in [1.807, 2.05) is 97.1 Å². The van der Waals surface area contributed by atoms with Gasteiger partial charge in [0.25, 0.3) is 0 Å². The molecule has 0 saturated heterocycles. The lowest BCUT2D eigenvalue weighted by Gasteiger charge is -2.19. The summed E-state index contributed by atoms with van der Waals surface area (Å²) in [5.41, 5.74) is 22.4. The Balaban J connectivity index is 0.000000136. The molecule has 532 valence electrons. The van der Waals surface area contributed by atoms with Crippen LogP contribution in [0.3, 0.4) is 0 Å². The third-order valence-electron chi connectivity index (χ3n) is 19.1. The van der Waals surface area contributed by atoms with Crippen LogP contribution in [0.5, 0.6) is 51.7 Å². The van der Waals surface area contributed by atoms with Crippen LogP contribution < -0.4 is 42.6 Å². The number of methoxy groups -OCH3 is 8. The van der Waals surface area contributed by atoms with Gasteiger partial charge in [-0.25, -0.2) is 0 Å². The van der Waals surface area contributed by atoms with E-state index in [2.05, 4.69) is 206 Å². The van der Waals surface area contributed by atoms with Gasteiger partial charge in [-0.3, -0.25) is 0 Å². The first-order valence-corrected chi connectivity index (χ1v) is 35.8. The van der Waals surface area contributed by atoms with E-state index >= 15 is 0 Å². The molecule has 13 aromatic rings. The molecule has 13 aromatic carbocycles. The molecule has 0 spiro atoms. The zero-order valence-electron chi connectivity index (χ0n) is 61.6. The second-order valence-corrected chi connectivity index (χ2v) is 25.6. The maximum Gasteiger partial charge on any atom is 0.135 e. The third-order valence-corrected chi connectivity index (χ3v) is 19.1. The summed E-state index contributed by atoms with van der Waals surface area (Å²) in [5, 5.41) is 2.50. The van der Waals surface area contributed by atoms with E-state index < -0.39 is 0 Å². The normalized spacial score (nSPS) is 11.1. The van der Waals surface area contributed by atoms with Gasteiger partial charge in [-0.1, -0.05) is 200 Å². The standard InChI is InChI=1S/C32H22O.4C16H18O2/c1-2-7-21(8-3-1)22-12-14-23(15-13-22)24-16-17-26-25(19-24)20-30-29-11-6-18-33-32(29)28-10-5-4-9-27(28)31(26)30;4*1-17-15-9-5-13(6-10-15)3-4-14-7-11-16(18-2)12-8-14/h1-17,19H,18,20H2;4*5-12H,3-4H2,1-2H3. The number of benzene rings is 13. The average molecular weight is 1390 g/mol. The van der Waals surface area contributed by atoms with E-state index in [1.54, 1.807) is 56.9 Å². The maximum atomic E-state index is 6.11. The van der Waals surface area contributed by atoms with Crippen LogP contribution in [0.15, 0.2) is 297 Å². The van der Waals surface area contributed by atoms with Crippen molar-refractivity contribution in [1.29, 1.82) is 0 Å². The molecular formula is C96H94O9. The van der Waals surface area contributed by atoms with E-state index in [4.69, 9.17) is 42.6 Å². The highest BCUT2D eigenvalue weighted by Gasteiger charge is 2.28. The smallest absolute Gasteiger partial charge is 0.135 e. The Bertz CT molecular complexity index is 4230. The van der Waals surface area contributed by atoms with E-state index in [1.165, 1.54) is 105 Å². The molecule has 0 radical (unpaired) electrons. The molecule has 2 aliphatic rings. The second-order valence-electron chi connectivity index (χ2n) is 25.6. The predicted molar refractivity (Wildman–Crippen MR) is 431 cm³/mol. The predicted octanol–water partition coefficient (Wildman–Crippen LogP) is 22.1. The quantitative estimate of drug-likeness (QED) is 0.0659. The molecule has 105 heavy (non-hydrogen) atoms. The lowest BCUT2D eigenvalue weighted by atomic mass is 9.91. The van der Waals surface area contributed by atoms with Crippen LogP contribution in [-0.2, 0) is 57.8 Å². The summed E-state index contributed by atoms with van der Waals surface area (Å²) in [7, 11) is 13.5. The first-order chi connectivity index (χ1) is 51.6. The van der Waals surface area contributed by atoms with Crippen LogP contribution in [-0.4, -0.2) is 63.5 Å². The van der Waals surface area contributed by atoms with Gasteiger partial charge in [0.1, 0.15) is 58.4 Å². The van der Waals surface area contributed by atoms with Gasteiger partial charge in [0, 0.05) is 10.9 Å². The van der Waals surface area contributed by atoms with Crippen LogP contribution in [0, 0.1) is 0 Å². The highest BCUT2D eigenvalue weighted by atomic mass is 16.5. The Morgan fingerprint density at radius 3 is 0.838 bits per heavy atom. The van der Waals surface area contributed by atoms with Crippen LogP contribution in [0.2, 0.25) is 0 Å². The topological polar surface area (TPSA) is 83.1 Å². The molecule has 0 amide bonds. The Labute approximate surface area is 620 Å².